The molecule has 0 saturated heterocycles. The van der Waals surface area contributed by atoms with E-state index in [0.717, 1.165) is 11.4 Å². The Hall–Kier alpha value is -1.51. The summed E-state index contributed by atoms with van der Waals surface area (Å²) in [5.41, 5.74) is 0.872. The van der Waals surface area contributed by atoms with E-state index in [4.69, 9.17) is 4.74 Å². The van der Waals surface area contributed by atoms with Gasteiger partial charge in [0.25, 0.3) is 0 Å². The molecule has 1 aromatic carbocycles. The summed E-state index contributed by atoms with van der Waals surface area (Å²) in [5.74, 6) is 2.66. The number of rotatable bonds is 4. The average molecular weight is 259 g/mol. The summed E-state index contributed by atoms with van der Waals surface area (Å²) in [6.45, 7) is 2.63. The van der Waals surface area contributed by atoms with Crippen molar-refractivity contribution in [3.8, 4) is 5.75 Å². The molecule has 0 aromatic heterocycles. The molecule has 102 valence electrons. The van der Waals surface area contributed by atoms with Gasteiger partial charge in [-0.05, 0) is 55.9 Å². The molecule has 0 radical (unpaired) electrons. The van der Waals surface area contributed by atoms with E-state index < -0.39 is 0 Å². The lowest BCUT2D eigenvalue weighted by Gasteiger charge is -2.07. The van der Waals surface area contributed by atoms with E-state index in [-0.39, 0.29) is 11.8 Å². The van der Waals surface area contributed by atoms with E-state index in [1.54, 1.807) is 0 Å². The summed E-state index contributed by atoms with van der Waals surface area (Å²) in [7, 11) is 0. The van der Waals surface area contributed by atoms with Gasteiger partial charge in [-0.1, -0.05) is 12.8 Å². The van der Waals surface area contributed by atoms with E-state index in [1.807, 2.05) is 31.2 Å². The fourth-order valence-electron chi connectivity index (χ4n) is 3.41. The lowest BCUT2D eigenvalue weighted by atomic mass is 10.0. The molecular formula is C16H21NO2. The molecule has 3 heteroatoms. The first-order valence-corrected chi connectivity index (χ1v) is 7.33. The molecule has 1 unspecified atom stereocenters. The van der Waals surface area contributed by atoms with Crippen molar-refractivity contribution >= 4 is 11.6 Å². The van der Waals surface area contributed by atoms with Gasteiger partial charge in [-0.2, -0.15) is 0 Å². The van der Waals surface area contributed by atoms with Crippen LogP contribution in [-0.4, -0.2) is 12.5 Å². The van der Waals surface area contributed by atoms with E-state index in [2.05, 4.69) is 5.32 Å². The lowest BCUT2D eigenvalue weighted by molar-refractivity contribution is -0.117. The van der Waals surface area contributed by atoms with Gasteiger partial charge in [0, 0.05) is 11.6 Å². The predicted octanol–water partition coefficient (Wildman–Crippen LogP) is 3.46. The van der Waals surface area contributed by atoms with Gasteiger partial charge in [0.2, 0.25) is 5.91 Å². The molecule has 3 atom stereocenters. The number of hydrogen-bond acceptors (Lipinski definition) is 2. The SMILES string of the molecule is CCOc1ccc(NC(=O)C2[C@H]3CCCC[C@@H]23)cc1. The van der Waals surface area contributed by atoms with Crippen LogP contribution in [0.4, 0.5) is 5.69 Å². The third-order valence-corrected chi connectivity index (χ3v) is 4.39. The molecule has 2 fully saturated rings. The van der Waals surface area contributed by atoms with Crippen molar-refractivity contribution in [1.29, 1.82) is 0 Å². The molecule has 3 rings (SSSR count). The molecule has 0 bridgehead atoms. The van der Waals surface area contributed by atoms with Crippen LogP contribution in [0.1, 0.15) is 32.6 Å². The normalized spacial score (nSPS) is 28.4. The Bertz CT molecular complexity index is 442. The minimum Gasteiger partial charge on any atom is -0.494 e. The molecular weight excluding hydrogens is 238 g/mol. The topological polar surface area (TPSA) is 38.3 Å². The Labute approximate surface area is 114 Å². The first kappa shape index (κ1) is 12.5. The second kappa shape index (κ2) is 5.24. The van der Waals surface area contributed by atoms with Crippen LogP contribution in [0.25, 0.3) is 0 Å². The van der Waals surface area contributed by atoms with E-state index in [9.17, 15) is 4.79 Å². The van der Waals surface area contributed by atoms with Gasteiger partial charge < -0.3 is 10.1 Å². The number of carbonyl (C=O) groups is 1. The largest absolute Gasteiger partial charge is 0.494 e. The van der Waals surface area contributed by atoms with Crippen LogP contribution < -0.4 is 10.1 Å². The summed E-state index contributed by atoms with van der Waals surface area (Å²) in [6.07, 6.45) is 5.08. The van der Waals surface area contributed by atoms with Crippen molar-refractivity contribution in [2.75, 3.05) is 11.9 Å². The lowest BCUT2D eigenvalue weighted by Crippen LogP contribution is -2.15. The number of fused-ring (bicyclic) bond motifs is 1. The molecule has 2 aliphatic rings. The molecule has 0 aliphatic heterocycles. The Morgan fingerprint density at radius 2 is 1.84 bits per heavy atom. The number of amides is 1. The molecule has 19 heavy (non-hydrogen) atoms. The fraction of sp³-hybridized carbons (Fsp3) is 0.562. The van der Waals surface area contributed by atoms with Gasteiger partial charge in [-0.3, -0.25) is 4.79 Å². The van der Waals surface area contributed by atoms with E-state index >= 15 is 0 Å². The Kier molecular flexibility index (Phi) is 3.45. The summed E-state index contributed by atoms with van der Waals surface area (Å²) < 4.78 is 5.39. The molecule has 1 aromatic rings. The highest BCUT2D eigenvalue weighted by Crippen LogP contribution is 2.55. The maximum absolute atomic E-state index is 12.2. The monoisotopic (exact) mass is 259 g/mol. The average Bonchev–Trinajstić information content (AvgIpc) is 3.15. The highest BCUT2D eigenvalue weighted by Gasteiger charge is 2.54. The second-order valence-corrected chi connectivity index (χ2v) is 5.58. The molecule has 1 N–H and O–H groups in total. The number of carbonyl (C=O) groups excluding carboxylic acids is 1. The first-order valence-electron chi connectivity index (χ1n) is 7.33. The smallest absolute Gasteiger partial charge is 0.228 e. The van der Waals surface area contributed by atoms with Crippen LogP contribution >= 0.6 is 0 Å². The van der Waals surface area contributed by atoms with Crippen LogP contribution in [-0.2, 0) is 4.79 Å². The summed E-state index contributed by atoms with van der Waals surface area (Å²) in [6, 6.07) is 7.63. The van der Waals surface area contributed by atoms with Crippen molar-refractivity contribution < 1.29 is 9.53 Å². The predicted molar refractivity (Wildman–Crippen MR) is 75.2 cm³/mol. The fourth-order valence-corrected chi connectivity index (χ4v) is 3.41. The zero-order chi connectivity index (χ0) is 13.2. The van der Waals surface area contributed by atoms with Crippen LogP contribution in [0.5, 0.6) is 5.75 Å². The molecule has 1 amide bonds. The maximum atomic E-state index is 12.2. The second-order valence-electron chi connectivity index (χ2n) is 5.58. The number of hydrogen-bond donors (Lipinski definition) is 1. The molecule has 0 heterocycles. The molecule has 3 nitrogen and oxygen atoms in total. The summed E-state index contributed by atoms with van der Waals surface area (Å²) >= 11 is 0. The van der Waals surface area contributed by atoms with Crippen LogP contribution in [0.3, 0.4) is 0 Å². The van der Waals surface area contributed by atoms with Gasteiger partial charge in [-0.25, -0.2) is 0 Å². The number of benzene rings is 1. The summed E-state index contributed by atoms with van der Waals surface area (Å²) in [5, 5.41) is 3.04. The van der Waals surface area contributed by atoms with Gasteiger partial charge in [0.15, 0.2) is 0 Å². The number of anilines is 1. The van der Waals surface area contributed by atoms with Gasteiger partial charge >= 0.3 is 0 Å². The third-order valence-electron chi connectivity index (χ3n) is 4.39. The standard InChI is InChI=1S/C16H21NO2/c1-2-19-12-9-7-11(8-10-12)17-16(18)15-13-5-3-4-6-14(13)15/h7-10,13-15H,2-6H2,1H3,(H,17,18)/t13-,14+,15?. The zero-order valence-corrected chi connectivity index (χ0v) is 11.4. The first-order chi connectivity index (χ1) is 9.29. The minimum absolute atomic E-state index is 0.209. The maximum Gasteiger partial charge on any atom is 0.228 e. The van der Waals surface area contributed by atoms with Crippen LogP contribution in [0.2, 0.25) is 0 Å². The van der Waals surface area contributed by atoms with Crippen molar-refractivity contribution in [3.05, 3.63) is 24.3 Å². The molecule has 0 spiro atoms. The Morgan fingerprint density at radius 1 is 1.21 bits per heavy atom. The van der Waals surface area contributed by atoms with Gasteiger partial charge in [0.1, 0.15) is 5.75 Å². The number of ether oxygens (including phenoxy) is 1. The summed E-state index contributed by atoms with van der Waals surface area (Å²) in [4.78, 5) is 12.2. The molecule has 2 saturated carbocycles. The number of nitrogens with one attached hydrogen (secondary N) is 1. The minimum atomic E-state index is 0.209. The quantitative estimate of drug-likeness (QED) is 0.899. The van der Waals surface area contributed by atoms with Crippen LogP contribution in [0.15, 0.2) is 24.3 Å². The third kappa shape index (κ3) is 2.60. The van der Waals surface area contributed by atoms with Gasteiger partial charge in [-0.15, -0.1) is 0 Å². The van der Waals surface area contributed by atoms with Crippen molar-refractivity contribution in [1.82, 2.24) is 0 Å². The Balaban J connectivity index is 1.57. The zero-order valence-electron chi connectivity index (χ0n) is 11.4. The van der Waals surface area contributed by atoms with Crippen molar-refractivity contribution in [3.63, 3.8) is 0 Å². The molecule has 2 aliphatic carbocycles. The van der Waals surface area contributed by atoms with Crippen molar-refractivity contribution in [2.24, 2.45) is 17.8 Å². The van der Waals surface area contributed by atoms with Gasteiger partial charge in [0.05, 0.1) is 6.61 Å². The highest BCUT2D eigenvalue weighted by molar-refractivity contribution is 5.94. The van der Waals surface area contributed by atoms with E-state index in [0.29, 0.717) is 18.4 Å². The van der Waals surface area contributed by atoms with E-state index in [1.165, 1.54) is 25.7 Å². The van der Waals surface area contributed by atoms with Crippen molar-refractivity contribution in [2.45, 2.75) is 32.6 Å². The highest BCUT2D eigenvalue weighted by atomic mass is 16.5. The van der Waals surface area contributed by atoms with Crippen LogP contribution in [0, 0.1) is 17.8 Å². The Morgan fingerprint density at radius 3 is 2.42 bits per heavy atom.